The van der Waals surface area contributed by atoms with Gasteiger partial charge in [0.25, 0.3) is 0 Å². The van der Waals surface area contributed by atoms with Gasteiger partial charge in [0.1, 0.15) is 0 Å². The molecule has 0 spiro atoms. The molecule has 4 heteroatoms. The molecule has 0 bridgehead atoms. The van der Waals surface area contributed by atoms with Gasteiger partial charge in [0.15, 0.2) is 0 Å². The summed E-state index contributed by atoms with van der Waals surface area (Å²) in [5.74, 6) is 0. The maximum Gasteiger partial charge on any atom is 0.233 e. The highest BCUT2D eigenvalue weighted by Crippen LogP contribution is 2.00. The Bertz CT molecular complexity index is 370. The van der Waals surface area contributed by atoms with Crippen molar-refractivity contribution in [1.82, 2.24) is 4.72 Å². The molecular weight excluding hydrogens is 186 g/mol. The lowest BCUT2D eigenvalue weighted by molar-refractivity contribution is 0.598. The monoisotopic (exact) mass is 196 g/mol. The summed E-state index contributed by atoms with van der Waals surface area (Å²) in [7, 11) is -3.36. The molecule has 0 aliphatic carbocycles. The van der Waals surface area contributed by atoms with Crippen LogP contribution in [0.25, 0.3) is 0 Å². The maximum absolute atomic E-state index is 10.9. The summed E-state index contributed by atoms with van der Waals surface area (Å²) < 4.78 is 24.1. The van der Waals surface area contributed by atoms with Gasteiger partial charge in [0.05, 0.1) is 6.54 Å². The van der Waals surface area contributed by atoms with E-state index in [2.05, 4.69) is 11.3 Å². The molecule has 69 valence electrons. The van der Waals surface area contributed by atoms with Crippen molar-refractivity contribution in [2.45, 2.75) is 0 Å². The molecule has 1 aromatic rings. The average Bonchev–Trinajstić information content (AvgIpc) is 2.17. The van der Waals surface area contributed by atoms with E-state index in [1.165, 1.54) is 6.54 Å². The smallest absolute Gasteiger partial charge is 0.208 e. The molecule has 0 saturated carbocycles. The quantitative estimate of drug-likeness (QED) is 0.788. The first-order valence-corrected chi connectivity index (χ1v) is 5.22. The summed E-state index contributed by atoms with van der Waals surface area (Å²) in [4.78, 5) is 0. The van der Waals surface area contributed by atoms with Crippen molar-refractivity contribution in [1.29, 1.82) is 0 Å². The van der Waals surface area contributed by atoms with Crippen LogP contribution in [0.15, 0.2) is 42.3 Å². The Hall–Kier alpha value is -1.13. The molecule has 0 aromatic heterocycles. The Morgan fingerprint density at radius 3 is 2.38 bits per heavy atom. The molecule has 0 aliphatic heterocycles. The summed E-state index contributed by atoms with van der Waals surface area (Å²) >= 11 is 0. The first kappa shape index (κ1) is 9.95. The molecule has 0 fully saturated rings. The molecule has 0 amide bonds. The van der Waals surface area contributed by atoms with Gasteiger partial charge in [-0.15, -0.1) is 0 Å². The number of hydrogen-bond donors (Lipinski definition) is 1. The third-order valence-corrected chi connectivity index (χ3v) is 2.29. The van der Waals surface area contributed by atoms with Gasteiger partial charge in [-0.1, -0.05) is 36.9 Å². The van der Waals surface area contributed by atoms with E-state index in [9.17, 15) is 8.42 Å². The Morgan fingerprint density at radius 2 is 1.85 bits per heavy atom. The van der Waals surface area contributed by atoms with E-state index in [1.54, 1.807) is 12.1 Å². The van der Waals surface area contributed by atoms with Crippen molar-refractivity contribution in [2.24, 2.45) is 0 Å². The minimum atomic E-state index is -3.36. The zero-order chi connectivity index (χ0) is 9.73. The van der Waals surface area contributed by atoms with Crippen LogP contribution in [-0.4, -0.2) is 8.42 Å². The van der Waals surface area contributed by atoms with Gasteiger partial charge in [0.2, 0.25) is 10.0 Å². The lowest BCUT2D eigenvalue weighted by Gasteiger charge is -2.00. The van der Waals surface area contributed by atoms with Crippen molar-refractivity contribution in [3.05, 3.63) is 54.4 Å². The zero-order valence-electron chi connectivity index (χ0n) is 6.97. The minimum Gasteiger partial charge on any atom is -0.208 e. The zero-order valence-corrected chi connectivity index (χ0v) is 7.79. The first-order chi connectivity index (χ1) is 6.14. The van der Waals surface area contributed by atoms with Gasteiger partial charge in [-0.2, -0.15) is 0 Å². The fourth-order valence-corrected chi connectivity index (χ4v) is 1.14. The van der Waals surface area contributed by atoms with Gasteiger partial charge < -0.3 is 0 Å². The van der Waals surface area contributed by atoms with Crippen LogP contribution < -0.4 is 4.72 Å². The molecule has 1 radical (unpaired) electrons. The highest BCUT2D eigenvalue weighted by molar-refractivity contribution is 7.92. The van der Waals surface area contributed by atoms with E-state index >= 15 is 0 Å². The number of sulfonamides is 1. The third-order valence-electron chi connectivity index (χ3n) is 1.41. The summed E-state index contributed by atoms with van der Waals surface area (Å²) in [6.45, 7) is 4.59. The van der Waals surface area contributed by atoms with E-state index in [0.717, 1.165) is 11.0 Å². The molecule has 1 N–H and O–H groups in total. The van der Waals surface area contributed by atoms with Crippen LogP contribution in [0, 0.1) is 6.54 Å². The van der Waals surface area contributed by atoms with Crippen LogP contribution in [0.3, 0.4) is 0 Å². The standard InChI is InChI=1S/C9H10NO2S/c1-2-13(11,12)10-8-9-6-4-3-5-7-9/h2-8,10H,1H2. The Balaban J connectivity index is 2.59. The second-order valence-corrected chi connectivity index (χ2v) is 4.04. The van der Waals surface area contributed by atoms with Crippen molar-refractivity contribution in [3.8, 4) is 0 Å². The molecule has 1 rings (SSSR count). The molecule has 0 heterocycles. The van der Waals surface area contributed by atoms with Crippen LogP contribution in [0.4, 0.5) is 0 Å². The molecule has 0 aliphatic rings. The molecule has 3 nitrogen and oxygen atoms in total. The second-order valence-electron chi connectivity index (χ2n) is 2.38. The van der Waals surface area contributed by atoms with Crippen LogP contribution in [0.1, 0.15) is 5.56 Å². The lowest BCUT2D eigenvalue weighted by Crippen LogP contribution is -2.18. The second kappa shape index (κ2) is 4.20. The minimum absolute atomic E-state index is 0.799. The van der Waals surface area contributed by atoms with Crippen molar-refractivity contribution in [2.75, 3.05) is 0 Å². The molecule has 0 saturated heterocycles. The van der Waals surface area contributed by atoms with Crippen molar-refractivity contribution >= 4 is 10.0 Å². The average molecular weight is 196 g/mol. The topological polar surface area (TPSA) is 46.2 Å². The lowest BCUT2D eigenvalue weighted by atomic mass is 10.2. The predicted molar refractivity (Wildman–Crippen MR) is 52.1 cm³/mol. The Kier molecular flexibility index (Phi) is 3.22. The maximum atomic E-state index is 10.9. The number of rotatable bonds is 4. The van der Waals surface area contributed by atoms with Crippen LogP contribution in [-0.2, 0) is 10.0 Å². The highest BCUT2D eigenvalue weighted by atomic mass is 32.2. The first-order valence-electron chi connectivity index (χ1n) is 3.67. The van der Waals surface area contributed by atoms with Gasteiger partial charge in [0, 0.05) is 5.41 Å². The normalized spacial score (nSPS) is 11.1. The fourth-order valence-electron chi connectivity index (χ4n) is 0.748. The van der Waals surface area contributed by atoms with Crippen LogP contribution in [0.5, 0.6) is 0 Å². The van der Waals surface area contributed by atoms with Crippen molar-refractivity contribution in [3.63, 3.8) is 0 Å². The Labute approximate surface area is 78.1 Å². The summed E-state index contributed by atoms with van der Waals surface area (Å²) in [5.41, 5.74) is 0.799. The molecular formula is C9H10NO2S. The molecule has 1 aromatic carbocycles. The van der Waals surface area contributed by atoms with Gasteiger partial charge in [-0.3, -0.25) is 0 Å². The van der Waals surface area contributed by atoms with E-state index in [4.69, 9.17) is 0 Å². The van der Waals surface area contributed by atoms with Crippen LogP contribution >= 0.6 is 0 Å². The van der Waals surface area contributed by atoms with E-state index in [0.29, 0.717) is 0 Å². The SMILES string of the molecule is C=CS(=O)(=O)N[CH]c1ccccc1. The largest absolute Gasteiger partial charge is 0.233 e. The molecule has 0 atom stereocenters. The number of nitrogens with one attached hydrogen (secondary N) is 1. The summed E-state index contributed by atoms with van der Waals surface area (Å²) in [6, 6.07) is 9.11. The summed E-state index contributed by atoms with van der Waals surface area (Å²) in [5, 5.41) is 0.868. The fraction of sp³-hybridized carbons (Fsp3) is 0. The predicted octanol–water partition coefficient (Wildman–Crippen LogP) is 1.26. The van der Waals surface area contributed by atoms with E-state index < -0.39 is 10.0 Å². The number of hydrogen-bond acceptors (Lipinski definition) is 2. The van der Waals surface area contributed by atoms with E-state index in [-0.39, 0.29) is 0 Å². The van der Waals surface area contributed by atoms with Crippen LogP contribution in [0.2, 0.25) is 0 Å². The number of benzene rings is 1. The third kappa shape index (κ3) is 3.40. The van der Waals surface area contributed by atoms with E-state index in [1.807, 2.05) is 18.2 Å². The molecule has 13 heavy (non-hydrogen) atoms. The van der Waals surface area contributed by atoms with Gasteiger partial charge in [-0.25, -0.2) is 13.1 Å². The molecule has 0 unspecified atom stereocenters. The van der Waals surface area contributed by atoms with Crippen molar-refractivity contribution < 1.29 is 8.42 Å². The van der Waals surface area contributed by atoms with Gasteiger partial charge in [-0.05, 0) is 5.56 Å². The highest BCUT2D eigenvalue weighted by Gasteiger charge is 2.02. The van der Waals surface area contributed by atoms with Gasteiger partial charge >= 0.3 is 0 Å². The Morgan fingerprint density at radius 1 is 1.23 bits per heavy atom. The summed E-state index contributed by atoms with van der Waals surface area (Å²) in [6.07, 6.45) is 0.